The molecule has 0 aromatic heterocycles. The number of nitrogens with zero attached hydrogens (tertiary/aromatic N) is 4. The summed E-state index contributed by atoms with van der Waals surface area (Å²) < 4.78 is 5.61. The summed E-state index contributed by atoms with van der Waals surface area (Å²) in [6.07, 6.45) is 1.59. The molecule has 0 bridgehead atoms. The van der Waals surface area contributed by atoms with E-state index in [2.05, 4.69) is 0 Å². The molecule has 0 N–H and O–H groups in total. The Morgan fingerprint density at radius 1 is 1.35 bits per heavy atom. The minimum atomic E-state index is -0.177. The van der Waals surface area contributed by atoms with Crippen molar-refractivity contribution in [1.82, 2.24) is 4.90 Å². The first-order chi connectivity index (χ1) is 9.03. The van der Waals surface area contributed by atoms with Gasteiger partial charge < -0.3 is 31.1 Å². The van der Waals surface area contributed by atoms with Gasteiger partial charge in [0.05, 0.1) is 39.8 Å². The zero-order chi connectivity index (χ0) is 14.3. The number of carbonyl (C=O) groups excluding carboxylic acids is 1. The summed E-state index contributed by atoms with van der Waals surface area (Å²) in [5.41, 5.74) is 0.112. The molecule has 110 valence electrons. The molecule has 0 radical (unpaired) electrons. The first-order valence-corrected chi connectivity index (χ1v) is 6.28. The molecule has 7 heteroatoms. The molecule has 0 aromatic carbocycles. The minimum Gasteiger partial charge on any atom is -1.00 e. The number of nitriles is 2. The Hall–Kier alpha value is -1.57. The van der Waals surface area contributed by atoms with E-state index in [0.717, 1.165) is 26.2 Å². The number of piperazine rings is 1. The molecule has 20 heavy (non-hydrogen) atoms. The molecular formula is C13H19BrN4O2. The van der Waals surface area contributed by atoms with Crippen LogP contribution >= 0.6 is 0 Å². The van der Waals surface area contributed by atoms with Crippen LogP contribution in [0.3, 0.4) is 0 Å². The molecule has 0 saturated carbocycles. The molecule has 1 aliphatic rings. The average Bonchev–Trinajstić information content (AvgIpc) is 2.38. The fourth-order valence-electron chi connectivity index (χ4n) is 2.03. The Bertz CT molecular complexity index is 426. The van der Waals surface area contributed by atoms with Gasteiger partial charge in [-0.05, 0) is 6.92 Å². The number of quaternary nitrogens is 1. The van der Waals surface area contributed by atoms with Crippen molar-refractivity contribution in [1.29, 1.82) is 10.5 Å². The molecule has 0 unspecified atom stereocenters. The van der Waals surface area contributed by atoms with Crippen molar-refractivity contribution >= 4 is 5.97 Å². The lowest BCUT2D eigenvalue weighted by Gasteiger charge is -2.40. The predicted octanol–water partition coefficient (Wildman–Crippen LogP) is -2.75. The third-order valence-corrected chi connectivity index (χ3v) is 3.22. The van der Waals surface area contributed by atoms with Crippen LogP contribution in [-0.4, -0.2) is 61.7 Å². The number of carbonyl (C=O) groups is 1. The zero-order valence-electron chi connectivity index (χ0n) is 11.8. The largest absolute Gasteiger partial charge is 1.00 e. The fourth-order valence-corrected chi connectivity index (χ4v) is 2.03. The Morgan fingerprint density at radius 2 is 1.90 bits per heavy atom. The van der Waals surface area contributed by atoms with E-state index in [1.807, 2.05) is 24.1 Å². The van der Waals surface area contributed by atoms with E-state index in [4.69, 9.17) is 15.3 Å². The van der Waals surface area contributed by atoms with Gasteiger partial charge >= 0.3 is 5.97 Å². The molecule has 0 aromatic rings. The van der Waals surface area contributed by atoms with E-state index in [1.165, 1.54) is 0 Å². The molecule has 0 atom stereocenters. The van der Waals surface area contributed by atoms with Gasteiger partial charge in [0.1, 0.15) is 17.7 Å². The molecule has 0 aliphatic carbocycles. The number of likely N-dealkylation sites (N-methyl/N-ethyl adjacent to an activating group) is 1. The highest BCUT2D eigenvalue weighted by Gasteiger charge is 2.30. The monoisotopic (exact) mass is 342 g/mol. The van der Waals surface area contributed by atoms with Crippen molar-refractivity contribution < 1.29 is 31.0 Å². The van der Waals surface area contributed by atoms with Crippen LogP contribution in [0.2, 0.25) is 0 Å². The van der Waals surface area contributed by atoms with Crippen LogP contribution in [0.25, 0.3) is 0 Å². The van der Waals surface area contributed by atoms with Crippen LogP contribution < -0.4 is 17.0 Å². The van der Waals surface area contributed by atoms with E-state index >= 15 is 0 Å². The van der Waals surface area contributed by atoms with Crippen molar-refractivity contribution in [3.63, 3.8) is 0 Å². The van der Waals surface area contributed by atoms with Gasteiger partial charge in [-0.1, -0.05) is 0 Å². The van der Waals surface area contributed by atoms with Crippen molar-refractivity contribution in [2.24, 2.45) is 0 Å². The zero-order valence-corrected chi connectivity index (χ0v) is 13.4. The molecule has 1 aliphatic heterocycles. The summed E-state index contributed by atoms with van der Waals surface area (Å²) in [6.45, 7) is 5.60. The van der Waals surface area contributed by atoms with Gasteiger partial charge in [-0.15, -0.1) is 0 Å². The highest BCUT2D eigenvalue weighted by Crippen LogP contribution is 2.11. The standard InChI is InChI=1S/C13H19N4O2.BrH/c1-3-19-13(18)11-17(2)6-4-16(5-7-17)10-12(8-14)9-15;/h10H,3-7,11H2,1-2H3;1H/q+1;/p-1. The topological polar surface area (TPSA) is 77.1 Å². The Kier molecular flexibility index (Phi) is 7.90. The van der Waals surface area contributed by atoms with E-state index in [0.29, 0.717) is 17.6 Å². The fraction of sp³-hybridized carbons (Fsp3) is 0.615. The SMILES string of the molecule is CCOC(=O)C[N+]1(C)CCN(C=C(C#N)C#N)CC1.[Br-]. The summed E-state index contributed by atoms with van der Waals surface area (Å²) in [6, 6.07) is 3.70. The highest BCUT2D eigenvalue weighted by atomic mass is 79.9. The van der Waals surface area contributed by atoms with Gasteiger partial charge in [0.15, 0.2) is 6.54 Å². The second-order valence-corrected chi connectivity index (χ2v) is 4.83. The summed E-state index contributed by atoms with van der Waals surface area (Å²) in [7, 11) is 2.02. The second kappa shape index (κ2) is 8.57. The first kappa shape index (κ1) is 18.4. The molecule has 6 nitrogen and oxygen atoms in total. The van der Waals surface area contributed by atoms with E-state index < -0.39 is 0 Å². The summed E-state index contributed by atoms with van der Waals surface area (Å²) in [5, 5.41) is 17.4. The first-order valence-electron chi connectivity index (χ1n) is 6.28. The van der Waals surface area contributed by atoms with Crippen molar-refractivity contribution in [3.05, 3.63) is 11.8 Å². The van der Waals surface area contributed by atoms with Crippen LogP contribution in [0.5, 0.6) is 0 Å². The number of allylic oxidation sites excluding steroid dienone is 1. The van der Waals surface area contributed by atoms with Gasteiger partial charge in [0.2, 0.25) is 0 Å². The Balaban J connectivity index is 0.00000361. The lowest BCUT2D eigenvalue weighted by atomic mass is 10.2. The smallest absolute Gasteiger partial charge is 0.361 e. The predicted molar refractivity (Wildman–Crippen MR) is 68.3 cm³/mol. The molecular weight excluding hydrogens is 324 g/mol. The van der Waals surface area contributed by atoms with Crippen LogP contribution in [0, 0.1) is 22.7 Å². The summed E-state index contributed by atoms with van der Waals surface area (Å²) >= 11 is 0. The van der Waals surface area contributed by atoms with Crippen molar-refractivity contribution in [2.45, 2.75) is 6.92 Å². The van der Waals surface area contributed by atoms with Gasteiger partial charge in [-0.2, -0.15) is 10.5 Å². The van der Waals surface area contributed by atoms with Gasteiger partial charge in [0.25, 0.3) is 0 Å². The third kappa shape index (κ3) is 5.60. The lowest BCUT2D eigenvalue weighted by Crippen LogP contribution is -3.00. The van der Waals surface area contributed by atoms with E-state index in [-0.39, 0.29) is 28.5 Å². The number of ether oxygens (including phenoxy) is 1. The molecule has 1 heterocycles. The van der Waals surface area contributed by atoms with Crippen LogP contribution in [0.15, 0.2) is 11.8 Å². The maximum absolute atomic E-state index is 11.5. The third-order valence-electron chi connectivity index (χ3n) is 3.22. The summed E-state index contributed by atoms with van der Waals surface area (Å²) in [5.74, 6) is -0.177. The number of esters is 1. The highest BCUT2D eigenvalue weighted by molar-refractivity contribution is 5.70. The average molecular weight is 343 g/mol. The van der Waals surface area contributed by atoms with Gasteiger partial charge in [0, 0.05) is 6.20 Å². The van der Waals surface area contributed by atoms with Crippen LogP contribution in [0.4, 0.5) is 0 Å². The molecule has 1 fully saturated rings. The maximum Gasteiger partial charge on any atom is 0.361 e. The van der Waals surface area contributed by atoms with Gasteiger partial charge in [-0.3, -0.25) is 0 Å². The minimum absolute atomic E-state index is 0. The lowest BCUT2D eigenvalue weighted by molar-refractivity contribution is -0.906. The molecule has 1 rings (SSSR count). The van der Waals surface area contributed by atoms with Crippen molar-refractivity contribution in [2.75, 3.05) is 46.4 Å². The second-order valence-electron chi connectivity index (χ2n) is 4.83. The molecule has 0 spiro atoms. The molecule has 0 amide bonds. The number of hydrogen-bond acceptors (Lipinski definition) is 5. The maximum atomic E-state index is 11.5. The van der Waals surface area contributed by atoms with E-state index in [1.54, 1.807) is 13.1 Å². The molecule has 1 saturated heterocycles. The number of hydrogen-bond donors (Lipinski definition) is 0. The van der Waals surface area contributed by atoms with Gasteiger partial charge in [-0.25, -0.2) is 4.79 Å². The number of rotatable bonds is 4. The quantitative estimate of drug-likeness (QED) is 0.314. The van der Waals surface area contributed by atoms with Crippen LogP contribution in [0.1, 0.15) is 6.92 Å². The van der Waals surface area contributed by atoms with Crippen molar-refractivity contribution in [3.8, 4) is 12.1 Å². The Morgan fingerprint density at radius 3 is 2.35 bits per heavy atom. The number of halogens is 1. The van der Waals surface area contributed by atoms with E-state index in [9.17, 15) is 4.79 Å². The normalized spacial score (nSPS) is 16.1. The summed E-state index contributed by atoms with van der Waals surface area (Å²) in [4.78, 5) is 13.5. The Labute approximate surface area is 130 Å². The van der Waals surface area contributed by atoms with Crippen LogP contribution in [-0.2, 0) is 9.53 Å².